The van der Waals surface area contributed by atoms with Crippen LogP contribution in [-0.2, 0) is 6.54 Å². The Bertz CT molecular complexity index is 695. The lowest BCUT2D eigenvalue weighted by molar-refractivity contribution is -0.385. The van der Waals surface area contributed by atoms with Crippen molar-refractivity contribution in [2.24, 2.45) is 0 Å². The largest absolute Gasteiger partial charge is 0.381 e. The van der Waals surface area contributed by atoms with Crippen LogP contribution < -0.4 is 5.32 Å². The van der Waals surface area contributed by atoms with Crippen molar-refractivity contribution in [1.29, 1.82) is 5.26 Å². The van der Waals surface area contributed by atoms with Gasteiger partial charge >= 0.3 is 0 Å². The standard InChI is InChI=1S/C14H10FN3O2/c15-13-6-5-12(7-11(13)8-16)17-9-10-3-1-2-4-14(10)18(19)20/h1-7,17H,9H2. The highest BCUT2D eigenvalue weighted by atomic mass is 19.1. The summed E-state index contributed by atoms with van der Waals surface area (Å²) in [6.45, 7) is 0.216. The molecule has 20 heavy (non-hydrogen) atoms. The average molecular weight is 271 g/mol. The van der Waals surface area contributed by atoms with Crippen molar-refractivity contribution < 1.29 is 9.31 Å². The molecule has 6 heteroatoms. The normalized spacial score (nSPS) is 9.80. The van der Waals surface area contributed by atoms with Crippen LogP contribution in [0.15, 0.2) is 42.5 Å². The number of anilines is 1. The van der Waals surface area contributed by atoms with Crippen molar-refractivity contribution in [3.8, 4) is 6.07 Å². The molecule has 2 aromatic carbocycles. The Morgan fingerprint density at radius 1 is 1.30 bits per heavy atom. The third-order valence-corrected chi connectivity index (χ3v) is 2.76. The van der Waals surface area contributed by atoms with E-state index in [1.54, 1.807) is 24.3 Å². The summed E-state index contributed by atoms with van der Waals surface area (Å²) in [5, 5.41) is 22.5. The Hall–Kier alpha value is -2.94. The smallest absolute Gasteiger partial charge is 0.274 e. The quantitative estimate of drug-likeness (QED) is 0.684. The summed E-state index contributed by atoms with van der Waals surface area (Å²) in [5.74, 6) is -0.594. The number of benzene rings is 2. The topological polar surface area (TPSA) is 79.0 Å². The number of para-hydroxylation sites is 1. The van der Waals surface area contributed by atoms with Gasteiger partial charge in [0.25, 0.3) is 5.69 Å². The van der Waals surface area contributed by atoms with Gasteiger partial charge in [-0.05, 0) is 18.2 Å². The number of nitrogens with zero attached hydrogens (tertiary/aromatic N) is 2. The second kappa shape index (κ2) is 5.80. The zero-order chi connectivity index (χ0) is 14.5. The van der Waals surface area contributed by atoms with Crippen LogP contribution in [0.5, 0.6) is 0 Å². The lowest BCUT2D eigenvalue weighted by atomic mass is 10.1. The predicted octanol–water partition coefficient (Wildman–Crippen LogP) is 3.22. The molecule has 0 aliphatic rings. The first-order valence-corrected chi connectivity index (χ1v) is 5.77. The van der Waals surface area contributed by atoms with Crippen LogP contribution in [0.4, 0.5) is 15.8 Å². The molecule has 0 aromatic heterocycles. The fraction of sp³-hybridized carbons (Fsp3) is 0.0714. The van der Waals surface area contributed by atoms with Crippen molar-refractivity contribution in [2.45, 2.75) is 6.54 Å². The van der Waals surface area contributed by atoms with Gasteiger partial charge in [0.05, 0.1) is 10.5 Å². The number of nitro benzene ring substituents is 1. The predicted molar refractivity (Wildman–Crippen MR) is 71.5 cm³/mol. The molecule has 5 nitrogen and oxygen atoms in total. The van der Waals surface area contributed by atoms with E-state index in [1.165, 1.54) is 24.3 Å². The van der Waals surface area contributed by atoms with Crippen molar-refractivity contribution >= 4 is 11.4 Å². The molecule has 0 bridgehead atoms. The van der Waals surface area contributed by atoms with Crippen LogP contribution in [0.2, 0.25) is 0 Å². The lowest BCUT2D eigenvalue weighted by Gasteiger charge is -2.07. The highest BCUT2D eigenvalue weighted by Crippen LogP contribution is 2.20. The van der Waals surface area contributed by atoms with Gasteiger partial charge in [0.15, 0.2) is 0 Å². The van der Waals surface area contributed by atoms with Crippen molar-refractivity contribution in [3.63, 3.8) is 0 Å². The van der Waals surface area contributed by atoms with Crippen molar-refractivity contribution in [3.05, 3.63) is 69.5 Å². The highest BCUT2D eigenvalue weighted by molar-refractivity contribution is 5.51. The van der Waals surface area contributed by atoms with E-state index < -0.39 is 10.7 Å². The maximum atomic E-state index is 13.2. The minimum atomic E-state index is -0.594. The van der Waals surface area contributed by atoms with Gasteiger partial charge in [-0.25, -0.2) is 4.39 Å². The summed E-state index contributed by atoms with van der Waals surface area (Å²) in [6, 6.07) is 12.1. The van der Waals surface area contributed by atoms with Crippen LogP contribution in [0, 0.1) is 27.3 Å². The maximum absolute atomic E-state index is 13.2. The average Bonchev–Trinajstić information content (AvgIpc) is 2.46. The van der Waals surface area contributed by atoms with E-state index in [2.05, 4.69) is 5.32 Å². The molecule has 0 atom stereocenters. The van der Waals surface area contributed by atoms with Crippen LogP contribution in [-0.4, -0.2) is 4.92 Å². The summed E-state index contributed by atoms with van der Waals surface area (Å²) >= 11 is 0. The molecule has 0 aliphatic heterocycles. The Morgan fingerprint density at radius 2 is 2.05 bits per heavy atom. The van der Waals surface area contributed by atoms with Gasteiger partial charge in [-0.1, -0.05) is 18.2 Å². The van der Waals surface area contributed by atoms with E-state index in [4.69, 9.17) is 5.26 Å². The monoisotopic (exact) mass is 271 g/mol. The summed E-state index contributed by atoms with van der Waals surface area (Å²) in [6.07, 6.45) is 0. The molecular formula is C14H10FN3O2. The van der Waals surface area contributed by atoms with Gasteiger partial charge in [-0.3, -0.25) is 10.1 Å². The Balaban J connectivity index is 2.17. The SMILES string of the molecule is N#Cc1cc(NCc2ccccc2[N+](=O)[O-])ccc1F. The zero-order valence-corrected chi connectivity index (χ0v) is 10.3. The van der Waals surface area contributed by atoms with Gasteiger partial charge in [0, 0.05) is 23.9 Å². The molecule has 1 N–H and O–H groups in total. The molecule has 0 heterocycles. The van der Waals surface area contributed by atoms with Crippen molar-refractivity contribution in [2.75, 3.05) is 5.32 Å². The van der Waals surface area contributed by atoms with Crippen molar-refractivity contribution in [1.82, 2.24) is 0 Å². The fourth-order valence-corrected chi connectivity index (χ4v) is 1.76. The molecule has 2 aromatic rings. The molecule has 0 radical (unpaired) electrons. The van der Waals surface area contributed by atoms with E-state index in [-0.39, 0.29) is 17.8 Å². The minimum absolute atomic E-state index is 0.0163. The Labute approximate surface area is 114 Å². The first-order chi connectivity index (χ1) is 9.61. The van der Waals surface area contributed by atoms with Crippen LogP contribution in [0.1, 0.15) is 11.1 Å². The Morgan fingerprint density at radius 3 is 2.75 bits per heavy atom. The van der Waals surface area contributed by atoms with Gasteiger partial charge in [0.1, 0.15) is 11.9 Å². The van der Waals surface area contributed by atoms with Crippen LogP contribution in [0.3, 0.4) is 0 Å². The second-order valence-corrected chi connectivity index (χ2v) is 4.05. The van der Waals surface area contributed by atoms with Gasteiger partial charge in [-0.2, -0.15) is 5.26 Å². The third-order valence-electron chi connectivity index (χ3n) is 2.76. The molecule has 0 aliphatic carbocycles. The third kappa shape index (κ3) is 2.90. The fourth-order valence-electron chi connectivity index (χ4n) is 1.76. The number of rotatable bonds is 4. The molecule has 0 spiro atoms. The molecule has 0 amide bonds. The first kappa shape index (κ1) is 13.5. The number of halogens is 1. The molecular weight excluding hydrogens is 261 g/mol. The number of nitrogens with one attached hydrogen (secondary N) is 1. The van der Waals surface area contributed by atoms with Gasteiger partial charge < -0.3 is 5.32 Å². The van der Waals surface area contributed by atoms with E-state index in [0.717, 1.165) is 0 Å². The number of nitro groups is 1. The summed E-state index contributed by atoms with van der Waals surface area (Å²) in [5.41, 5.74) is 0.988. The summed E-state index contributed by atoms with van der Waals surface area (Å²) in [4.78, 5) is 10.4. The summed E-state index contributed by atoms with van der Waals surface area (Å²) in [7, 11) is 0. The van der Waals surface area contributed by atoms with E-state index in [0.29, 0.717) is 11.3 Å². The molecule has 0 saturated carbocycles. The highest BCUT2D eigenvalue weighted by Gasteiger charge is 2.12. The summed E-state index contributed by atoms with van der Waals surface area (Å²) < 4.78 is 13.2. The maximum Gasteiger partial charge on any atom is 0.274 e. The molecule has 100 valence electrons. The minimum Gasteiger partial charge on any atom is -0.381 e. The van der Waals surface area contributed by atoms with Gasteiger partial charge in [-0.15, -0.1) is 0 Å². The first-order valence-electron chi connectivity index (χ1n) is 5.77. The Kier molecular flexibility index (Phi) is 3.91. The van der Waals surface area contributed by atoms with Crippen LogP contribution >= 0.6 is 0 Å². The molecule has 0 fully saturated rings. The van der Waals surface area contributed by atoms with E-state index in [1.807, 2.05) is 0 Å². The second-order valence-electron chi connectivity index (χ2n) is 4.05. The molecule has 2 rings (SSSR count). The van der Waals surface area contributed by atoms with Gasteiger partial charge in [0.2, 0.25) is 0 Å². The van der Waals surface area contributed by atoms with E-state index in [9.17, 15) is 14.5 Å². The molecule has 0 unspecified atom stereocenters. The van der Waals surface area contributed by atoms with Crippen LogP contribution in [0.25, 0.3) is 0 Å². The zero-order valence-electron chi connectivity index (χ0n) is 10.3. The lowest BCUT2D eigenvalue weighted by Crippen LogP contribution is -2.03. The number of hydrogen-bond acceptors (Lipinski definition) is 4. The number of nitriles is 1. The number of hydrogen-bond donors (Lipinski definition) is 1. The van der Waals surface area contributed by atoms with E-state index >= 15 is 0 Å². The molecule has 0 saturated heterocycles.